The zero-order valence-electron chi connectivity index (χ0n) is 8.82. The molecule has 0 amide bonds. The minimum Gasteiger partial charge on any atom is -0.478 e. The molecule has 0 fully saturated rings. The second kappa shape index (κ2) is 5.36. The topological polar surface area (TPSA) is 59.7 Å². The van der Waals surface area contributed by atoms with Crippen LogP contribution in [0.15, 0.2) is 22.6 Å². The van der Waals surface area contributed by atoms with Gasteiger partial charge in [0.1, 0.15) is 23.7 Å². The number of carbonyl (C=O) groups is 1. The second-order valence-corrected chi connectivity index (χ2v) is 3.07. The van der Waals surface area contributed by atoms with Gasteiger partial charge in [-0.2, -0.15) is 0 Å². The Morgan fingerprint density at radius 3 is 2.93 bits per heavy atom. The van der Waals surface area contributed by atoms with Gasteiger partial charge >= 0.3 is 5.97 Å². The summed E-state index contributed by atoms with van der Waals surface area (Å²) in [5.74, 6) is -0.0301. The first kappa shape index (κ1) is 11.5. The smallest absolute Gasteiger partial charge is 0.339 e. The van der Waals surface area contributed by atoms with Crippen LogP contribution in [0.4, 0.5) is 0 Å². The molecule has 0 saturated heterocycles. The molecule has 0 bridgehead atoms. The van der Waals surface area contributed by atoms with Crippen molar-refractivity contribution in [3.8, 4) is 0 Å². The molecule has 0 spiro atoms. The van der Waals surface area contributed by atoms with Crippen LogP contribution < -0.4 is 0 Å². The molecule has 1 rings (SSSR count). The molecule has 0 unspecified atom stereocenters. The average Bonchev–Trinajstić information content (AvgIpc) is 2.55. The molecule has 0 aliphatic heterocycles. The zero-order valence-corrected chi connectivity index (χ0v) is 8.82. The summed E-state index contributed by atoms with van der Waals surface area (Å²) in [5.41, 5.74) is 0.194. The molecule has 0 saturated carbocycles. The number of allylic oxidation sites excluding steroid dienone is 1. The summed E-state index contributed by atoms with van der Waals surface area (Å²) in [5, 5.41) is 8.78. The molecular formula is C11H14O4. The van der Waals surface area contributed by atoms with Crippen LogP contribution in [0.5, 0.6) is 0 Å². The standard InChI is InChI=1S/C11H14O4/c1-3-4-5-14-7-9-6-10(11(12)13)8(2)15-9/h3-4,6H,5,7H2,1-2H3,(H,12,13). The fraction of sp³-hybridized carbons (Fsp3) is 0.364. The first-order valence-electron chi connectivity index (χ1n) is 4.66. The van der Waals surface area contributed by atoms with Crippen LogP contribution in [0.1, 0.15) is 28.8 Å². The summed E-state index contributed by atoms with van der Waals surface area (Å²) >= 11 is 0. The van der Waals surface area contributed by atoms with Gasteiger partial charge in [0.2, 0.25) is 0 Å². The lowest BCUT2D eigenvalue weighted by atomic mass is 10.2. The van der Waals surface area contributed by atoms with E-state index in [1.807, 2.05) is 19.1 Å². The van der Waals surface area contributed by atoms with Gasteiger partial charge in [0.15, 0.2) is 0 Å². The molecule has 1 aromatic rings. The van der Waals surface area contributed by atoms with Gasteiger partial charge in [0, 0.05) is 0 Å². The first-order valence-corrected chi connectivity index (χ1v) is 4.66. The van der Waals surface area contributed by atoms with Crippen molar-refractivity contribution >= 4 is 5.97 Å². The van der Waals surface area contributed by atoms with Gasteiger partial charge < -0.3 is 14.3 Å². The third-order valence-corrected chi connectivity index (χ3v) is 1.89. The highest BCUT2D eigenvalue weighted by Gasteiger charge is 2.13. The van der Waals surface area contributed by atoms with Crippen molar-refractivity contribution < 1.29 is 19.1 Å². The lowest BCUT2D eigenvalue weighted by Gasteiger charge is -1.96. The van der Waals surface area contributed by atoms with Crippen LogP contribution in [0.3, 0.4) is 0 Å². The van der Waals surface area contributed by atoms with Crippen molar-refractivity contribution in [2.24, 2.45) is 0 Å². The fourth-order valence-corrected chi connectivity index (χ4v) is 1.15. The number of furan rings is 1. The summed E-state index contributed by atoms with van der Waals surface area (Å²) in [6, 6.07) is 1.49. The van der Waals surface area contributed by atoms with Gasteiger partial charge in [-0.1, -0.05) is 12.2 Å². The molecule has 1 N–H and O–H groups in total. The maximum absolute atomic E-state index is 10.7. The summed E-state index contributed by atoms with van der Waals surface area (Å²) in [6.45, 7) is 4.32. The van der Waals surface area contributed by atoms with E-state index in [4.69, 9.17) is 14.3 Å². The number of carboxylic acid groups (broad SMARTS) is 1. The van der Waals surface area contributed by atoms with Gasteiger partial charge in [0.05, 0.1) is 6.61 Å². The minimum atomic E-state index is -0.976. The molecule has 4 nitrogen and oxygen atoms in total. The number of aromatic carboxylic acids is 1. The number of carboxylic acids is 1. The highest BCUT2D eigenvalue weighted by Crippen LogP contribution is 2.15. The Kier molecular flexibility index (Phi) is 4.12. The Hall–Kier alpha value is -1.55. The third kappa shape index (κ3) is 3.25. The van der Waals surface area contributed by atoms with E-state index in [1.165, 1.54) is 6.07 Å². The predicted octanol–water partition coefficient (Wildman–Crippen LogP) is 2.38. The van der Waals surface area contributed by atoms with E-state index in [0.29, 0.717) is 24.7 Å². The molecule has 0 radical (unpaired) electrons. The second-order valence-electron chi connectivity index (χ2n) is 3.07. The quantitative estimate of drug-likeness (QED) is 0.598. The molecule has 1 aromatic heterocycles. The molecule has 0 aliphatic carbocycles. The van der Waals surface area contributed by atoms with Gasteiger partial charge in [-0.25, -0.2) is 4.79 Å². The molecule has 82 valence electrons. The maximum Gasteiger partial charge on any atom is 0.339 e. The fourth-order valence-electron chi connectivity index (χ4n) is 1.15. The Morgan fingerprint density at radius 1 is 1.67 bits per heavy atom. The average molecular weight is 210 g/mol. The normalized spacial score (nSPS) is 11.1. The van der Waals surface area contributed by atoms with Crippen LogP contribution in [0, 0.1) is 6.92 Å². The number of hydrogen-bond acceptors (Lipinski definition) is 3. The molecule has 0 atom stereocenters. The lowest BCUT2D eigenvalue weighted by Crippen LogP contribution is -1.95. The molecule has 1 heterocycles. The monoisotopic (exact) mass is 210 g/mol. The third-order valence-electron chi connectivity index (χ3n) is 1.89. The predicted molar refractivity (Wildman–Crippen MR) is 54.9 cm³/mol. The Morgan fingerprint density at radius 2 is 2.40 bits per heavy atom. The lowest BCUT2D eigenvalue weighted by molar-refractivity contribution is 0.0695. The van der Waals surface area contributed by atoms with Crippen LogP contribution >= 0.6 is 0 Å². The van der Waals surface area contributed by atoms with E-state index >= 15 is 0 Å². The Labute approximate surface area is 88.2 Å². The van der Waals surface area contributed by atoms with E-state index < -0.39 is 5.97 Å². The molecular weight excluding hydrogens is 196 g/mol. The first-order chi connectivity index (χ1) is 7.15. The van der Waals surface area contributed by atoms with E-state index in [2.05, 4.69) is 0 Å². The van der Waals surface area contributed by atoms with Crippen molar-refractivity contribution in [3.63, 3.8) is 0 Å². The highest BCUT2D eigenvalue weighted by molar-refractivity contribution is 5.88. The van der Waals surface area contributed by atoms with Crippen molar-refractivity contribution in [2.45, 2.75) is 20.5 Å². The van der Waals surface area contributed by atoms with Crippen molar-refractivity contribution in [1.29, 1.82) is 0 Å². The minimum absolute atomic E-state index is 0.194. The van der Waals surface area contributed by atoms with Gasteiger partial charge in [-0.15, -0.1) is 0 Å². The van der Waals surface area contributed by atoms with Crippen LogP contribution in [0.25, 0.3) is 0 Å². The number of aryl methyl sites for hydroxylation is 1. The van der Waals surface area contributed by atoms with Gasteiger partial charge in [0.25, 0.3) is 0 Å². The number of rotatable bonds is 5. The summed E-state index contributed by atoms with van der Waals surface area (Å²) in [4.78, 5) is 10.7. The number of hydrogen-bond donors (Lipinski definition) is 1. The highest BCUT2D eigenvalue weighted by atomic mass is 16.5. The van der Waals surface area contributed by atoms with E-state index in [9.17, 15) is 4.79 Å². The van der Waals surface area contributed by atoms with Crippen LogP contribution in [-0.2, 0) is 11.3 Å². The van der Waals surface area contributed by atoms with E-state index in [-0.39, 0.29) is 5.56 Å². The summed E-state index contributed by atoms with van der Waals surface area (Å²) in [7, 11) is 0. The SMILES string of the molecule is CC=CCOCc1cc(C(=O)O)c(C)o1. The van der Waals surface area contributed by atoms with Crippen molar-refractivity contribution in [3.05, 3.63) is 35.3 Å². The maximum atomic E-state index is 10.7. The number of ether oxygens (including phenoxy) is 1. The van der Waals surface area contributed by atoms with Crippen LogP contribution in [-0.4, -0.2) is 17.7 Å². The van der Waals surface area contributed by atoms with Gasteiger partial charge in [-0.3, -0.25) is 0 Å². The van der Waals surface area contributed by atoms with Gasteiger partial charge in [-0.05, 0) is 19.9 Å². The van der Waals surface area contributed by atoms with E-state index in [0.717, 1.165) is 0 Å². The molecule has 0 aromatic carbocycles. The van der Waals surface area contributed by atoms with Crippen molar-refractivity contribution in [2.75, 3.05) is 6.61 Å². The Balaban J connectivity index is 2.55. The van der Waals surface area contributed by atoms with Crippen molar-refractivity contribution in [1.82, 2.24) is 0 Å². The Bertz CT molecular complexity index is 363. The zero-order chi connectivity index (χ0) is 11.3. The summed E-state index contributed by atoms with van der Waals surface area (Å²) in [6.07, 6.45) is 3.75. The molecule has 15 heavy (non-hydrogen) atoms. The van der Waals surface area contributed by atoms with E-state index in [1.54, 1.807) is 6.92 Å². The largest absolute Gasteiger partial charge is 0.478 e. The van der Waals surface area contributed by atoms with Crippen LogP contribution in [0.2, 0.25) is 0 Å². The molecule has 0 aliphatic rings. The molecule has 4 heteroatoms. The summed E-state index contributed by atoms with van der Waals surface area (Å²) < 4.78 is 10.5.